The smallest absolute Gasteiger partial charge is 0.243 e. The van der Waals surface area contributed by atoms with Crippen LogP contribution in [0.5, 0.6) is 0 Å². The number of aliphatic imine (C=N–C) groups is 1. The maximum atomic E-state index is 11.9. The maximum Gasteiger partial charge on any atom is 0.243 e. The zero-order chi connectivity index (χ0) is 19.6. The van der Waals surface area contributed by atoms with E-state index in [4.69, 9.17) is 0 Å². The summed E-state index contributed by atoms with van der Waals surface area (Å²) in [7, 11) is 3.51. The second kappa shape index (κ2) is 11.1. The van der Waals surface area contributed by atoms with Gasteiger partial charge in [0, 0.05) is 51.2 Å². The van der Waals surface area contributed by atoms with Crippen LogP contribution in [0, 0.1) is 0 Å². The molecule has 2 N–H and O–H groups in total. The molecule has 1 fully saturated rings. The van der Waals surface area contributed by atoms with Crippen LogP contribution in [0.15, 0.2) is 34.7 Å². The van der Waals surface area contributed by atoms with E-state index in [1.807, 2.05) is 0 Å². The second-order valence-electron chi connectivity index (χ2n) is 7.36. The number of thiophene rings is 1. The number of rotatable bonds is 8. The molecular formula is C20H33N5OS. The first kappa shape index (κ1) is 21.4. The first-order chi connectivity index (χ1) is 12.9. The van der Waals surface area contributed by atoms with Crippen molar-refractivity contribution in [2.75, 3.05) is 46.8 Å². The molecule has 1 aromatic rings. The lowest BCUT2D eigenvalue weighted by Gasteiger charge is -2.33. The number of amides is 1. The van der Waals surface area contributed by atoms with Crippen molar-refractivity contribution in [1.29, 1.82) is 0 Å². The van der Waals surface area contributed by atoms with Gasteiger partial charge in [-0.2, -0.15) is 0 Å². The van der Waals surface area contributed by atoms with Gasteiger partial charge in [-0.25, -0.2) is 4.99 Å². The van der Waals surface area contributed by atoms with E-state index in [-0.39, 0.29) is 12.5 Å². The van der Waals surface area contributed by atoms with E-state index in [9.17, 15) is 4.79 Å². The summed E-state index contributed by atoms with van der Waals surface area (Å²) < 4.78 is 0. The molecule has 0 unspecified atom stereocenters. The summed E-state index contributed by atoms with van der Waals surface area (Å²) in [4.78, 5) is 21.8. The van der Waals surface area contributed by atoms with E-state index >= 15 is 0 Å². The Hall–Kier alpha value is -1.86. The normalized spacial score (nSPS) is 16.2. The van der Waals surface area contributed by atoms with Gasteiger partial charge in [-0.1, -0.05) is 18.2 Å². The fourth-order valence-electron chi connectivity index (χ4n) is 3.01. The molecule has 1 aliphatic rings. The predicted octanol–water partition coefficient (Wildman–Crippen LogP) is 1.95. The van der Waals surface area contributed by atoms with Crippen molar-refractivity contribution >= 4 is 23.2 Å². The van der Waals surface area contributed by atoms with Crippen LogP contribution >= 0.6 is 11.3 Å². The van der Waals surface area contributed by atoms with Gasteiger partial charge in [0.05, 0.1) is 0 Å². The molecule has 7 heteroatoms. The van der Waals surface area contributed by atoms with E-state index in [1.165, 1.54) is 10.5 Å². The molecule has 150 valence electrons. The Balaban J connectivity index is 1.86. The van der Waals surface area contributed by atoms with Crippen LogP contribution in [0.1, 0.15) is 24.6 Å². The van der Waals surface area contributed by atoms with Crippen molar-refractivity contribution < 1.29 is 4.79 Å². The summed E-state index contributed by atoms with van der Waals surface area (Å²) in [5, 5.41) is 9.01. The van der Waals surface area contributed by atoms with Crippen molar-refractivity contribution in [3.8, 4) is 0 Å². The molecule has 0 atom stereocenters. The molecule has 0 aromatic carbocycles. The molecule has 0 radical (unpaired) electrons. The molecule has 1 aromatic heterocycles. The largest absolute Gasteiger partial charge is 0.356 e. The first-order valence-corrected chi connectivity index (χ1v) is 10.5. The molecule has 1 aliphatic heterocycles. The lowest BCUT2D eigenvalue weighted by atomic mass is 10.0. The Labute approximate surface area is 167 Å². The average Bonchev–Trinajstić information content (AvgIpc) is 3.13. The van der Waals surface area contributed by atoms with E-state index < -0.39 is 0 Å². The third kappa shape index (κ3) is 8.13. The van der Waals surface area contributed by atoms with Crippen LogP contribution in [-0.2, 0) is 11.2 Å². The van der Waals surface area contributed by atoms with Gasteiger partial charge >= 0.3 is 0 Å². The summed E-state index contributed by atoms with van der Waals surface area (Å²) in [6.45, 7) is 10.1. The summed E-state index contributed by atoms with van der Waals surface area (Å²) in [6.07, 6.45) is 3.10. The average molecular weight is 392 g/mol. The van der Waals surface area contributed by atoms with Crippen LogP contribution in [0.4, 0.5) is 0 Å². The number of piperidine rings is 1. The zero-order valence-electron chi connectivity index (χ0n) is 16.8. The highest BCUT2D eigenvalue weighted by molar-refractivity contribution is 7.09. The van der Waals surface area contributed by atoms with Crippen LogP contribution in [0.25, 0.3) is 0 Å². The van der Waals surface area contributed by atoms with Crippen LogP contribution in [0.2, 0.25) is 0 Å². The first-order valence-electron chi connectivity index (χ1n) is 9.58. The zero-order valence-corrected chi connectivity index (χ0v) is 17.6. The van der Waals surface area contributed by atoms with Crippen LogP contribution in [0.3, 0.4) is 0 Å². The molecule has 0 bridgehead atoms. The number of likely N-dealkylation sites (tertiary alicyclic amines) is 1. The van der Waals surface area contributed by atoms with Gasteiger partial charge in [-0.3, -0.25) is 9.69 Å². The molecule has 27 heavy (non-hydrogen) atoms. The summed E-state index contributed by atoms with van der Waals surface area (Å²) in [5.74, 6) is 0.741. The third-order valence-corrected chi connectivity index (χ3v) is 5.47. The van der Waals surface area contributed by atoms with Crippen LogP contribution < -0.4 is 10.6 Å². The minimum Gasteiger partial charge on any atom is -0.356 e. The standard InChI is InChI=1S/C20H33N5OS/c1-16(2)15-25-11-8-17(9-12-25)23-20(22-14-19(26)24(3)4)21-10-7-18-6-5-13-27-18/h5-6,13,17H,1,7-12,14-15H2,2-4H3,(H2,21,22,23). The fourth-order valence-corrected chi connectivity index (χ4v) is 3.72. The molecular weight excluding hydrogens is 358 g/mol. The fraction of sp³-hybridized carbons (Fsp3) is 0.600. The summed E-state index contributed by atoms with van der Waals surface area (Å²) in [6, 6.07) is 4.60. The SMILES string of the molecule is C=C(C)CN1CCC(NC(=NCC(=O)N(C)C)NCCc2cccs2)CC1. The van der Waals surface area contributed by atoms with Crippen LogP contribution in [-0.4, -0.2) is 74.5 Å². The molecule has 2 rings (SSSR count). The molecule has 6 nitrogen and oxygen atoms in total. The minimum atomic E-state index is 0.00522. The Bertz CT molecular complexity index is 618. The molecule has 0 aliphatic carbocycles. The lowest BCUT2D eigenvalue weighted by Crippen LogP contribution is -2.49. The predicted molar refractivity (Wildman–Crippen MR) is 114 cm³/mol. The number of nitrogens with one attached hydrogen (secondary N) is 2. The van der Waals surface area contributed by atoms with Gasteiger partial charge in [-0.15, -0.1) is 11.3 Å². The van der Waals surface area contributed by atoms with E-state index in [2.05, 4.69) is 51.5 Å². The monoisotopic (exact) mass is 391 g/mol. The quantitative estimate of drug-likeness (QED) is 0.404. The van der Waals surface area contributed by atoms with Gasteiger partial charge in [-0.05, 0) is 37.6 Å². The number of likely N-dealkylation sites (N-methyl/N-ethyl adjacent to an activating group) is 1. The Kier molecular flexibility index (Phi) is 8.81. The second-order valence-corrected chi connectivity index (χ2v) is 8.39. The lowest BCUT2D eigenvalue weighted by molar-refractivity contribution is -0.127. The van der Waals surface area contributed by atoms with Gasteiger partial charge in [0.1, 0.15) is 6.54 Å². The van der Waals surface area contributed by atoms with Crippen molar-refractivity contribution in [3.05, 3.63) is 34.5 Å². The summed E-state index contributed by atoms with van der Waals surface area (Å²) >= 11 is 1.76. The highest BCUT2D eigenvalue weighted by atomic mass is 32.1. The summed E-state index contributed by atoms with van der Waals surface area (Å²) in [5.41, 5.74) is 1.21. The highest BCUT2D eigenvalue weighted by Gasteiger charge is 2.20. The molecule has 2 heterocycles. The number of nitrogens with zero attached hydrogens (tertiary/aromatic N) is 3. The molecule has 1 saturated heterocycles. The highest BCUT2D eigenvalue weighted by Crippen LogP contribution is 2.12. The van der Waals surface area contributed by atoms with E-state index in [0.29, 0.717) is 6.04 Å². The van der Waals surface area contributed by atoms with Crippen molar-refractivity contribution in [1.82, 2.24) is 20.4 Å². The Morgan fingerprint density at radius 1 is 1.41 bits per heavy atom. The third-order valence-electron chi connectivity index (χ3n) is 4.54. The van der Waals surface area contributed by atoms with E-state index in [0.717, 1.165) is 51.4 Å². The Morgan fingerprint density at radius 2 is 2.15 bits per heavy atom. The number of guanidine groups is 1. The maximum absolute atomic E-state index is 11.9. The molecule has 1 amide bonds. The van der Waals surface area contributed by atoms with Gasteiger partial charge < -0.3 is 15.5 Å². The molecule has 0 spiro atoms. The van der Waals surface area contributed by atoms with Crippen molar-refractivity contribution in [2.24, 2.45) is 4.99 Å². The van der Waals surface area contributed by atoms with Crippen molar-refractivity contribution in [2.45, 2.75) is 32.2 Å². The van der Waals surface area contributed by atoms with E-state index in [1.54, 1.807) is 30.3 Å². The number of carbonyl (C=O) groups excluding carboxylic acids is 1. The van der Waals surface area contributed by atoms with Crippen molar-refractivity contribution in [3.63, 3.8) is 0 Å². The van der Waals surface area contributed by atoms with Gasteiger partial charge in [0.15, 0.2) is 5.96 Å². The number of carbonyl (C=O) groups is 1. The van der Waals surface area contributed by atoms with Gasteiger partial charge in [0.25, 0.3) is 0 Å². The minimum absolute atomic E-state index is 0.00522. The van der Waals surface area contributed by atoms with Gasteiger partial charge in [0.2, 0.25) is 5.91 Å². The Morgan fingerprint density at radius 3 is 2.74 bits per heavy atom. The number of hydrogen-bond donors (Lipinski definition) is 2. The molecule has 0 saturated carbocycles. The number of hydrogen-bond acceptors (Lipinski definition) is 4. The topological polar surface area (TPSA) is 60.0 Å².